The van der Waals surface area contributed by atoms with Crippen LogP contribution in [0.2, 0.25) is 0 Å². The van der Waals surface area contributed by atoms with Gasteiger partial charge in [-0.1, -0.05) is 13.3 Å². The summed E-state index contributed by atoms with van der Waals surface area (Å²) >= 11 is 0. The molecule has 0 bridgehead atoms. The van der Waals surface area contributed by atoms with Gasteiger partial charge in [-0.05, 0) is 39.2 Å². The van der Waals surface area contributed by atoms with Crippen LogP contribution in [0.4, 0.5) is 0 Å². The Kier molecular flexibility index (Phi) is 8.84. The molecule has 1 fully saturated rings. The highest BCUT2D eigenvalue weighted by Gasteiger charge is 2.20. The molecule has 1 rings (SSSR count). The maximum atomic E-state index is 12.2. The van der Waals surface area contributed by atoms with Crippen LogP contribution in [0.3, 0.4) is 0 Å². The summed E-state index contributed by atoms with van der Waals surface area (Å²) in [6, 6.07) is 0.507. The number of hydrogen-bond donors (Lipinski definition) is 1. The maximum absolute atomic E-state index is 12.2. The van der Waals surface area contributed by atoms with E-state index in [1.54, 1.807) is 0 Å². The normalized spacial score (nSPS) is 18.7. The first-order valence-electron chi connectivity index (χ1n) is 7.86. The average Bonchev–Trinajstić information content (AvgIpc) is 2.92. The smallest absolute Gasteiger partial charge is 0.222 e. The number of hydrogen-bond acceptors (Lipinski definition) is 3. The molecule has 1 N–H and O–H groups in total. The van der Waals surface area contributed by atoms with Crippen LogP contribution in [-0.2, 0) is 9.53 Å². The van der Waals surface area contributed by atoms with Gasteiger partial charge in [-0.2, -0.15) is 0 Å². The summed E-state index contributed by atoms with van der Waals surface area (Å²) in [5, 5.41) is 3.48. The van der Waals surface area contributed by atoms with E-state index in [1.165, 1.54) is 12.8 Å². The summed E-state index contributed by atoms with van der Waals surface area (Å²) in [5.41, 5.74) is 0. The van der Waals surface area contributed by atoms with Crippen molar-refractivity contribution in [2.75, 3.05) is 32.8 Å². The molecule has 1 amide bonds. The Morgan fingerprint density at radius 1 is 1.37 bits per heavy atom. The molecular formula is C15H30N2O2. The lowest BCUT2D eigenvalue weighted by atomic mass is 10.2. The first-order chi connectivity index (χ1) is 9.27. The summed E-state index contributed by atoms with van der Waals surface area (Å²) < 4.78 is 5.30. The van der Waals surface area contributed by atoms with Gasteiger partial charge in [0.2, 0.25) is 5.91 Å². The lowest BCUT2D eigenvalue weighted by molar-refractivity contribution is -0.132. The van der Waals surface area contributed by atoms with Gasteiger partial charge in [0.15, 0.2) is 0 Å². The molecule has 112 valence electrons. The highest BCUT2D eigenvalue weighted by molar-refractivity contribution is 5.76. The van der Waals surface area contributed by atoms with E-state index in [-0.39, 0.29) is 0 Å². The Hall–Kier alpha value is -0.610. The zero-order valence-electron chi connectivity index (χ0n) is 12.6. The van der Waals surface area contributed by atoms with Crippen molar-refractivity contribution in [1.82, 2.24) is 10.2 Å². The van der Waals surface area contributed by atoms with Crippen molar-refractivity contribution in [3.05, 3.63) is 0 Å². The molecule has 1 aliphatic heterocycles. The van der Waals surface area contributed by atoms with E-state index in [0.717, 1.165) is 45.5 Å². The van der Waals surface area contributed by atoms with E-state index in [4.69, 9.17) is 4.74 Å². The summed E-state index contributed by atoms with van der Waals surface area (Å²) in [6.07, 6.45) is 6.15. The Labute approximate surface area is 117 Å². The number of rotatable bonds is 10. The summed E-state index contributed by atoms with van der Waals surface area (Å²) in [6.45, 7) is 8.48. The van der Waals surface area contributed by atoms with Crippen LogP contribution in [0.1, 0.15) is 52.4 Å². The Balaban J connectivity index is 2.30. The number of nitrogens with zero attached hydrogens (tertiary/aromatic N) is 1. The highest BCUT2D eigenvalue weighted by atomic mass is 16.5. The van der Waals surface area contributed by atoms with Crippen molar-refractivity contribution in [3.8, 4) is 0 Å². The second-order valence-corrected chi connectivity index (χ2v) is 5.29. The lowest BCUT2D eigenvalue weighted by Crippen LogP contribution is -2.41. The van der Waals surface area contributed by atoms with Crippen LogP contribution in [0.15, 0.2) is 0 Å². The minimum Gasteiger partial charge on any atom is -0.382 e. The third kappa shape index (κ3) is 6.92. The predicted octanol–water partition coefficient (Wildman–Crippen LogP) is 2.18. The van der Waals surface area contributed by atoms with Gasteiger partial charge in [0.25, 0.3) is 0 Å². The van der Waals surface area contributed by atoms with Gasteiger partial charge in [0.1, 0.15) is 0 Å². The molecule has 0 aromatic carbocycles. The number of nitrogens with one attached hydrogen (secondary N) is 1. The molecule has 1 aliphatic rings. The average molecular weight is 270 g/mol. The van der Waals surface area contributed by atoms with Crippen LogP contribution in [0, 0.1) is 0 Å². The quantitative estimate of drug-likeness (QED) is 0.619. The maximum Gasteiger partial charge on any atom is 0.222 e. The van der Waals surface area contributed by atoms with Gasteiger partial charge >= 0.3 is 0 Å². The van der Waals surface area contributed by atoms with Crippen LogP contribution in [-0.4, -0.2) is 49.7 Å². The second-order valence-electron chi connectivity index (χ2n) is 5.29. The van der Waals surface area contributed by atoms with Crippen LogP contribution >= 0.6 is 0 Å². The largest absolute Gasteiger partial charge is 0.382 e. The van der Waals surface area contributed by atoms with Crippen molar-refractivity contribution in [2.24, 2.45) is 0 Å². The van der Waals surface area contributed by atoms with Gasteiger partial charge < -0.3 is 15.0 Å². The minimum absolute atomic E-state index is 0.293. The zero-order valence-corrected chi connectivity index (χ0v) is 12.6. The van der Waals surface area contributed by atoms with Crippen LogP contribution in [0.5, 0.6) is 0 Å². The molecule has 1 heterocycles. The van der Waals surface area contributed by atoms with Crippen molar-refractivity contribution in [1.29, 1.82) is 0 Å². The number of amides is 1. The fourth-order valence-electron chi connectivity index (χ4n) is 2.47. The Morgan fingerprint density at radius 3 is 2.84 bits per heavy atom. The molecule has 0 radical (unpaired) electrons. The summed E-state index contributed by atoms with van der Waals surface area (Å²) in [5.74, 6) is 0.293. The minimum atomic E-state index is 0.293. The fraction of sp³-hybridized carbons (Fsp3) is 0.933. The van der Waals surface area contributed by atoms with Crippen LogP contribution in [0.25, 0.3) is 0 Å². The predicted molar refractivity (Wildman–Crippen MR) is 78.2 cm³/mol. The van der Waals surface area contributed by atoms with E-state index >= 15 is 0 Å². The second kappa shape index (κ2) is 10.2. The highest BCUT2D eigenvalue weighted by Crippen LogP contribution is 2.09. The first-order valence-corrected chi connectivity index (χ1v) is 7.86. The van der Waals surface area contributed by atoms with Gasteiger partial charge in [0, 0.05) is 38.8 Å². The molecule has 1 unspecified atom stereocenters. The topological polar surface area (TPSA) is 41.6 Å². The van der Waals surface area contributed by atoms with E-state index in [2.05, 4.69) is 17.1 Å². The molecule has 4 heteroatoms. The summed E-state index contributed by atoms with van der Waals surface area (Å²) in [7, 11) is 0. The lowest BCUT2D eigenvalue weighted by Gasteiger charge is -2.26. The molecule has 4 nitrogen and oxygen atoms in total. The molecule has 0 spiro atoms. The number of carbonyl (C=O) groups excluding carboxylic acids is 1. The molecule has 0 saturated carbocycles. The van der Waals surface area contributed by atoms with Crippen LogP contribution < -0.4 is 5.32 Å². The molecule has 0 aromatic rings. The monoisotopic (exact) mass is 270 g/mol. The molecule has 0 aliphatic carbocycles. The zero-order chi connectivity index (χ0) is 13.9. The van der Waals surface area contributed by atoms with Crippen molar-refractivity contribution >= 4 is 5.91 Å². The standard InChI is InChI=1S/C15H30N2O2/c1-3-5-11-17(13-14-8-6-10-16-14)15(18)9-7-12-19-4-2/h14,16H,3-13H2,1-2H3. The van der Waals surface area contributed by atoms with Gasteiger partial charge in [0.05, 0.1) is 0 Å². The first kappa shape index (κ1) is 16.4. The molecule has 0 aromatic heterocycles. The summed E-state index contributed by atoms with van der Waals surface area (Å²) in [4.78, 5) is 14.3. The Morgan fingerprint density at radius 2 is 2.21 bits per heavy atom. The van der Waals surface area contributed by atoms with E-state index in [0.29, 0.717) is 25.0 Å². The number of carbonyl (C=O) groups is 1. The van der Waals surface area contributed by atoms with E-state index < -0.39 is 0 Å². The van der Waals surface area contributed by atoms with E-state index in [9.17, 15) is 4.79 Å². The molecule has 1 atom stereocenters. The van der Waals surface area contributed by atoms with Crippen molar-refractivity contribution in [3.63, 3.8) is 0 Å². The molecular weight excluding hydrogens is 240 g/mol. The Bertz CT molecular complexity index is 240. The number of ether oxygens (including phenoxy) is 1. The third-order valence-corrected chi connectivity index (χ3v) is 3.62. The van der Waals surface area contributed by atoms with Gasteiger partial charge in [-0.25, -0.2) is 0 Å². The van der Waals surface area contributed by atoms with Crippen molar-refractivity contribution < 1.29 is 9.53 Å². The third-order valence-electron chi connectivity index (χ3n) is 3.62. The van der Waals surface area contributed by atoms with E-state index in [1.807, 2.05) is 6.92 Å². The van der Waals surface area contributed by atoms with Gasteiger partial charge in [-0.15, -0.1) is 0 Å². The molecule has 19 heavy (non-hydrogen) atoms. The molecule has 1 saturated heterocycles. The number of unbranched alkanes of at least 4 members (excludes halogenated alkanes) is 1. The van der Waals surface area contributed by atoms with Gasteiger partial charge in [-0.3, -0.25) is 4.79 Å². The van der Waals surface area contributed by atoms with Crippen molar-refractivity contribution in [2.45, 2.75) is 58.4 Å². The fourth-order valence-corrected chi connectivity index (χ4v) is 2.47. The SMILES string of the molecule is CCCCN(CC1CCCN1)C(=O)CCCOCC.